The van der Waals surface area contributed by atoms with Gasteiger partial charge in [-0.25, -0.2) is 0 Å². The maximum absolute atomic E-state index is 5.47. The minimum absolute atomic E-state index is 0.0697. The normalized spacial score (nSPS) is 27.4. The summed E-state index contributed by atoms with van der Waals surface area (Å²) in [5.74, 6) is 1.72. The van der Waals surface area contributed by atoms with Gasteiger partial charge in [-0.15, -0.1) is 0 Å². The van der Waals surface area contributed by atoms with Gasteiger partial charge in [-0.2, -0.15) is 0 Å². The third-order valence-electron chi connectivity index (χ3n) is 3.83. The first-order valence-electron chi connectivity index (χ1n) is 6.67. The van der Waals surface area contributed by atoms with Gasteiger partial charge >= 0.3 is 0 Å². The molecule has 0 N–H and O–H groups in total. The summed E-state index contributed by atoms with van der Waals surface area (Å²) in [6.07, 6.45) is 8.64. The highest BCUT2D eigenvalue weighted by Gasteiger charge is 2.20. The van der Waals surface area contributed by atoms with Crippen LogP contribution in [-0.2, 0) is 9.47 Å². The molecule has 0 amide bonds. The van der Waals surface area contributed by atoms with E-state index in [2.05, 4.69) is 19.9 Å². The van der Waals surface area contributed by atoms with Crippen LogP contribution in [-0.4, -0.2) is 19.5 Å². The van der Waals surface area contributed by atoms with Crippen LogP contribution in [0, 0.1) is 11.8 Å². The Kier molecular flexibility index (Phi) is 4.42. The maximum Gasteiger partial charge on any atom is 0.158 e. The fraction of sp³-hybridized carbons (Fsp3) is 0.857. The molecule has 1 aliphatic carbocycles. The average Bonchev–Trinajstić information content (AvgIpc) is 2.79. The second-order valence-corrected chi connectivity index (χ2v) is 5.36. The summed E-state index contributed by atoms with van der Waals surface area (Å²) in [6, 6.07) is 0. The molecule has 1 aliphatic heterocycles. The minimum Gasteiger partial charge on any atom is -0.350 e. The number of ether oxygens (including phenoxy) is 2. The Balaban J connectivity index is 1.74. The van der Waals surface area contributed by atoms with Crippen LogP contribution in [0.1, 0.15) is 46.0 Å². The van der Waals surface area contributed by atoms with Crippen LogP contribution in [0.25, 0.3) is 0 Å². The lowest BCUT2D eigenvalue weighted by molar-refractivity contribution is -0.0464. The van der Waals surface area contributed by atoms with Crippen LogP contribution >= 0.6 is 0 Å². The van der Waals surface area contributed by atoms with Gasteiger partial charge in [0.2, 0.25) is 0 Å². The molecule has 0 spiro atoms. The van der Waals surface area contributed by atoms with Crippen molar-refractivity contribution in [2.45, 2.75) is 52.2 Å². The lowest BCUT2D eigenvalue weighted by atomic mass is 9.80. The number of hydrogen-bond acceptors (Lipinski definition) is 2. The maximum atomic E-state index is 5.47. The zero-order chi connectivity index (χ0) is 11.4. The molecular weight excluding hydrogens is 201 g/mol. The Bertz CT molecular complexity index is 239. The largest absolute Gasteiger partial charge is 0.350 e. The monoisotopic (exact) mass is 225 g/mol. The standard InChI is InChI=1S/C14H24O2/c1-11(2)13-5-3-4-12(10-13)6-7-14-15-8-9-16-14/h4,11,13-14H,3,5-10H2,1-2H3/i14+1. The molecule has 92 valence electrons. The van der Waals surface area contributed by atoms with E-state index in [4.69, 9.17) is 9.47 Å². The van der Waals surface area contributed by atoms with E-state index in [0.717, 1.165) is 37.9 Å². The first-order chi connectivity index (χ1) is 7.75. The van der Waals surface area contributed by atoms with Gasteiger partial charge in [-0.1, -0.05) is 25.5 Å². The fourth-order valence-electron chi connectivity index (χ4n) is 2.67. The van der Waals surface area contributed by atoms with Crippen LogP contribution in [0.2, 0.25) is 0 Å². The fourth-order valence-corrected chi connectivity index (χ4v) is 2.67. The van der Waals surface area contributed by atoms with Crippen LogP contribution in [0.5, 0.6) is 0 Å². The van der Waals surface area contributed by atoms with Gasteiger partial charge in [-0.3, -0.25) is 0 Å². The Labute approximate surface area is 99.0 Å². The molecule has 2 nitrogen and oxygen atoms in total. The highest BCUT2D eigenvalue weighted by molar-refractivity contribution is 5.07. The Morgan fingerprint density at radius 3 is 2.75 bits per heavy atom. The smallest absolute Gasteiger partial charge is 0.158 e. The van der Waals surface area contributed by atoms with Crippen molar-refractivity contribution in [1.82, 2.24) is 0 Å². The highest BCUT2D eigenvalue weighted by Crippen LogP contribution is 2.32. The molecule has 0 aromatic rings. The SMILES string of the molecule is CC(C)C1CCC=C(CC[13CH]2OCCO2)C1. The predicted octanol–water partition coefficient (Wildman–Crippen LogP) is 3.52. The first-order valence-corrected chi connectivity index (χ1v) is 6.67. The molecule has 0 radical (unpaired) electrons. The third kappa shape index (κ3) is 3.33. The first kappa shape index (κ1) is 12.1. The van der Waals surface area contributed by atoms with E-state index in [9.17, 15) is 0 Å². The molecule has 2 heteroatoms. The number of allylic oxidation sites excluding steroid dienone is 2. The summed E-state index contributed by atoms with van der Waals surface area (Å²) in [4.78, 5) is 0. The van der Waals surface area contributed by atoms with Gasteiger partial charge in [0.1, 0.15) is 0 Å². The van der Waals surface area contributed by atoms with Crippen molar-refractivity contribution in [3.05, 3.63) is 11.6 Å². The third-order valence-corrected chi connectivity index (χ3v) is 3.83. The van der Waals surface area contributed by atoms with E-state index in [-0.39, 0.29) is 6.29 Å². The van der Waals surface area contributed by atoms with E-state index in [0.29, 0.717) is 0 Å². The van der Waals surface area contributed by atoms with E-state index in [1.807, 2.05) is 0 Å². The Morgan fingerprint density at radius 1 is 1.31 bits per heavy atom. The molecule has 16 heavy (non-hydrogen) atoms. The second kappa shape index (κ2) is 5.83. The zero-order valence-corrected chi connectivity index (χ0v) is 10.6. The minimum atomic E-state index is 0.0697. The van der Waals surface area contributed by atoms with Crippen LogP contribution in [0.4, 0.5) is 0 Å². The zero-order valence-electron chi connectivity index (χ0n) is 10.6. The molecule has 1 unspecified atom stereocenters. The van der Waals surface area contributed by atoms with E-state index >= 15 is 0 Å². The van der Waals surface area contributed by atoms with E-state index in [1.54, 1.807) is 5.57 Å². The average molecular weight is 225 g/mol. The molecule has 0 aromatic carbocycles. The summed E-state index contributed by atoms with van der Waals surface area (Å²) in [5.41, 5.74) is 1.63. The predicted molar refractivity (Wildman–Crippen MR) is 65.2 cm³/mol. The molecule has 2 rings (SSSR count). The molecule has 0 bridgehead atoms. The summed E-state index contributed by atoms with van der Waals surface area (Å²) in [6.45, 7) is 6.24. The van der Waals surface area contributed by atoms with Crippen molar-refractivity contribution >= 4 is 0 Å². The van der Waals surface area contributed by atoms with Crippen molar-refractivity contribution in [2.75, 3.05) is 13.2 Å². The Morgan fingerprint density at radius 2 is 2.06 bits per heavy atom. The van der Waals surface area contributed by atoms with E-state index < -0.39 is 0 Å². The summed E-state index contributed by atoms with van der Waals surface area (Å²) in [5, 5.41) is 0. The van der Waals surface area contributed by atoms with Crippen LogP contribution < -0.4 is 0 Å². The lowest BCUT2D eigenvalue weighted by Gasteiger charge is -2.26. The highest BCUT2D eigenvalue weighted by atomic mass is 16.8. The molecule has 1 heterocycles. The second-order valence-electron chi connectivity index (χ2n) is 5.36. The quantitative estimate of drug-likeness (QED) is 0.538. The van der Waals surface area contributed by atoms with Gasteiger partial charge in [0, 0.05) is 6.42 Å². The van der Waals surface area contributed by atoms with Gasteiger partial charge in [0.25, 0.3) is 0 Å². The van der Waals surface area contributed by atoms with Crippen molar-refractivity contribution < 1.29 is 9.47 Å². The number of hydrogen-bond donors (Lipinski definition) is 0. The summed E-state index contributed by atoms with van der Waals surface area (Å²) >= 11 is 0. The Hall–Kier alpha value is -0.340. The topological polar surface area (TPSA) is 18.5 Å². The van der Waals surface area contributed by atoms with Gasteiger partial charge in [-0.05, 0) is 37.5 Å². The molecule has 0 saturated carbocycles. The number of rotatable bonds is 4. The molecule has 2 aliphatic rings. The van der Waals surface area contributed by atoms with Gasteiger partial charge in [0.05, 0.1) is 13.2 Å². The van der Waals surface area contributed by atoms with E-state index in [1.165, 1.54) is 19.3 Å². The van der Waals surface area contributed by atoms with Crippen molar-refractivity contribution in [3.8, 4) is 0 Å². The molecular formula is C14H24O2. The molecule has 1 saturated heterocycles. The van der Waals surface area contributed by atoms with Crippen molar-refractivity contribution in [2.24, 2.45) is 11.8 Å². The van der Waals surface area contributed by atoms with Gasteiger partial charge in [0.15, 0.2) is 6.29 Å². The van der Waals surface area contributed by atoms with Crippen molar-refractivity contribution in [3.63, 3.8) is 0 Å². The molecule has 0 aromatic heterocycles. The molecule has 1 fully saturated rings. The summed E-state index contributed by atoms with van der Waals surface area (Å²) in [7, 11) is 0. The van der Waals surface area contributed by atoms with Crippen LogP contribution in [0.15, 0.2) is 11.6 Å². The van der Waals surface area contributed by atoms with Gasteiger partial charge < -0.3 is 9.47 Å². The summed E-state index contributed by atoms with van der Waals surface area (Å²) < 4.78 is 10.9. The molecule has 1 atom stereocenters. The van der Waals surface area contributed by atoms with Crippen molar-refractivity contribution in [1.29, 1.82) is 0 Å². The van der Waals surface area contributed by atoms with Crippen LogP contribution in [0.3, 0.4) is 0 Å². The lowest BCUT2D eigenvalue weighted by Crippen LogP contribution is -2.14.